The van der Waals surface area contributed by atoms with E-state index in [1.54, 1.807) is 0 Å². The van der Waals surface area contributed by atoms with Crippen molar-refractivity contribution in [2.75, 3.05) is 6.54 Å². The van der Waals surface area contributed by atoms with E-state index in [1.807, 2.05) is 0 Å². The average molecular weight is 235 g/mol. The fraction of sp³-hybridized carbons (Fsp3) is 0.571. The predicted octanol–water partition coefficient (Wildman–Crippen LogP) is -1.11. The van der Waals surface area contributed by atoms with Crippen molar-refractivity contribution in [1.82, 2.24) is 10.7 Å². The summed E-state index contributed by atoms with van der Waals surface area (Å²) in [5, 5.41) is 20.0. The van der Waals surface area contributed by atoms with E-state index in [-0.39, 0.29) is 11.7 Å². The van der Waals surface area contributed by atoms with Gasteiger partial charge in [-0.15, -0.1) is 0 Å². The Labute approximate surface area is 91.6 Å². The molecular weight excluding hydrogens is 222 g/mol. The zero-order chi connectivity index (χ0) is 12.1. The molecule has 0 saturated carbocycles. The van der Waals surface area contributed by atoms with E-state index in [0.717, 1.165) is 0 Å². The van der Waals surface area contributed by atoms with Crippen molar-refractivity contribution in [3.05, 3.63) is 0 Å². The molecule has 86 valence electrons. The van der Waals surface area contributed by atoms with Gasteiger partial charge in [-0.25, -0.2) is 5.84 Å². The lowest BCUT2D eigenvalue weighted by atomic mass is 9.87. The topological polar surface area (TPSA) is 125 Å². The van der Waals surface area contributed by atoms with Crippen LogP contribution in [-0.4, -0.2) is 33.8 Å². The molecule has 1 atom stereocenters. The van der Waals surface area contributed by atoms with E-state index in [1.165, 1.54) is 6.92 Å². The molecule has 0 aromatic heterocycles. The van der Waals surface area contributed by atoms with Crippen molar-refractivity contribution in [1.29, 1.82) is 0 Å². The molecular formula is C7H13N3O4S. The van der Waals surface area contributed by atoms with Crippen LogP contribution in [0.4, 0.5) is 0 Å². The minimum atomic E-state index is -1.42. The Hall–Kier alpha value is -1.41. The molecule has 0 amide bonds. The van der Waals surface area contributed by atoms with Crippen LogP contribution in [0, 0.1) is 5.41 Å². The van der Waals surface area contributed by atoms with Crippen molar-refractivity contribution in [3.8, 4) is 0 Å². The second-order valence-corrected chi connectivity index (χ2v) is 3.67. The number of carboxylic acids is 2. The van der Waals surface area contributed by atoms with E-state index < -0.39 is 23.8 Å². The molecule has 0 radical (unpaired) electrons. The van der Waals surface area contributed by atoms with Crippen molar-refractivity contribution < 1.29 is 19.8 Å². The maximum atomic E-state index is 10.9. The maximum Gasteiger partial charge on any atom is 0.311 e. The minimum absolute atomic E-state index is 0.0628. The highest BCUT2D eigenvalue weighted by atomic mass is 32.1. The molecule has 0 fully saturated rings. The first-order valence-electron chi connectivity index (χ1n) is 4.01. The molecule has 0 aliphatic rings. The fourth-order valence-electron chi connectivity index (χ4n) is 0.874. The monoisotopic (exact) mass is 235 g/mol. The molecule has 8 heteroatoms. The molecule has 0 heterocycles. The van der Waals surface area contributed by atoms with Crippen LogP contribution in [-0.2, 0) is 9.59 Å². The summed E-state index contributed by atoms with van der Waals surface area (Å²) in [6, 6.07) is 0. The lowest BCUT2D eigenvalue weighted by Gasteiger charge is -2.23. The zero-order valence-corrected chi connectivity index (χ0v) is 8.93. The highest BCUT2D eigenvalue weighted by Crippen LogP contribution is 2.20. The second-order valence-electron chi connectivity index (χ2n) is 3.26. The zero-order valence-electron chi connectivity index (χ0n) is 8.11. The molecule has 0 saturated heterocycles. The summed E-state index contributed by atoms with van der Waals surface area (Å²) >= 11 is 4.64. The average Bonchev–Trinajstić information content (AvgIpc) is 2.12. The predicted molar refractivity (Wildman–Crippen MR) is 55.9 cm³/mol. The van der Waals surface area contributed by atoms with Gasteiger partial charge < -0.3 is 21.0 Å². The molecule has 0 spiro atoms. The molecule has 0 bridgehead atoms. The van der Waals surface area contributed by atoms with E-state index in [0.29, 0.717) is 0 Å². The van der Waals surface area contributed by atoms with Gasteiger partial charge in [0, 0.05) is 6.54 Å². The molecule has 15 heavy (non-hydrogen) atoms. The van der Waals surface area contributed by atoms with Crippen LogP contribution in [0.15, 0.2) is 0 Å². The number of nitrogens with one attached hydrogen (secondary N) is 2. The third-order valence-electron chi connectivity index (χ3n) is 1.83. The van der Waals surface area contributed by atoms with Gasteiger partial charge >= 0.3 is 11.9 Å². The minimum Gasteiger partial charge on any atom is -0.481 e. The first-order valence-corrected chi connectivity index (χ1v) is 4.42. The Kier molecular flexibility index (Phi) is 4.95. The van der Waals surface area contributed by atoms with Crippen LogP contribution >= 0.6 is 12.2 Å². The lowest BCUT2D eigenvalue weighted by Crippen LogP contribution is -2.47. The van der Waals surface area contributed by atoms with Gasteiger partial charge in [0.25, 0.3) is 0 Å². The molecule has 0 aromatic carbocycles. The van der Waals surface area contributed by atoms with Crippen LogP contribution in [0.5, 0.6) is 0 Å². The van der Waals surface area contributed by atoms with Gasteiger partial charge in [0.15, 0.2) is 5.11 Å². The summed E-state index contributed by atoms with van der Waals surface area (Å²) in [4.78, 5) is 21.3. The number of rotatable bonds is 5. The van der Waals surface area contributed by atoms with Gasteiger partial charge in [-0.05, 0) is 19.1 Å². The standard InChI is InChI=1S/C7H13N3O4S/c1-7(5(13)14,2-4(11)12)3-9-6(15)10-8/h2-3,8H2,1H3,(H,11,12)(H,13,14)(H2,9,10,15). The van der Waals surface area contributed by atoms with Gasteiger partial charge in [0.2, 0.25) is 0 Å². The smallest absolute Gasteiger partial charge is 0.311 e. The first-order chi connectivity index (χ1) is 6.81. The third kappa shape index (κ3) is 4.56. The van der Waals surface area contributed by atoms with Crippen LogP contribution in [0.3, 0.4) is 0 Å². The van der Waals surface area contributed by atoms with Crippen LogP contribution < -0.4 is 16.6 Å². The summed E-state index contributed by atoms with van der Waals surface area (Å²) in [7, 11) is 0. The van der Waals surface area contributed by atoms with Gasteiger partial charge in [0.1, 0.15) is 0 Å². The Bertz CT molecular complexity index is 283. The Morgan fingerprint density at radius 1 is 1.47 bits per heavy atom. The highest BCUT2D eigenvalue weighted by Gasteiger charge is 2.35. The van der Waals surface area contributed by atoms with E-state index >= 15 is 0 Å². The number of aliphatic carboxylic acids is 2. The molecule has 7 nitrogen and oxygen atoms in total. The number of nitrogens with two attached hydrogens (primary N) is 1. The number of hydrogen-bond acceptors (Lipinski definition) is 4. The Balaban J connectivity index is 4.45. The van der Waals surface area contributed by atoms with Gasteiger partial charge in [0.05, 0.1) is 11.8 Å². The van der Waals surface area contributed by atoms with E-state index in [9.17, 15) is 9.59 Å². The Morgan fingerprint density at radius 3 is 2.33 bits per heavy atom. The lowest BCUT2D eigenvalue weighted by molar-refractivity contribution is -0.154. The summed E-state index contributed by atoms with van der Waals surface area (Å²) in [5.41, 5.74) is 0.686. The maximum absolute atomic E-state index is 10.9. The highest BCUT2D eigenvalue weighted by molar-refractivity contribution is 7.80. The van der Waals surface area contributed by atoms with Gasteiger partial charge in [-0.2, -0.15) is 0 Å². The van der Waals surface area contributed by atoms with Crippen molar-refractivity contribution in [3.63, 3.8) is 0 Å². The van der Waals surface area contributed by atoms with Gasteiger partial charge in [-0.3, -0.25) is 9.59 Å². The summed E-state index contributed by atoms with van der Waals surface area (Å²) < 4.78 is 0. The molecule has 0 rings (SSSR count). The van der Waals surface area contributed by atoms with Crippen LogP contribution in [0.25, 0.3) is 0 Å². The molecule has 6 N–H and O–H groups in total. The quantitative estimate of drug-likeness (QED) is 0.231. The van der Waals surface area contributed by atoms with Crippen LogP contribution in [0.1, 0.15) is 13.3 Å². The number of hydrazine groups is 1. The Morgan fingerprint density at radius 2 is 2.00 bits per heavy atom. The van der Waals surface area contributed by atoms with Crippen molar-refractivity contribution in [2.24, 2.45) is 11.3 Å². The summed E-state index contributed by atoms with van der Waals surface area (Å²) in [6.07, 6.45) is -0.498. The summed E-state index contributed by atoms with van der Waals surface area (Å²) in [6.45, 7) is 1.20. The van der Waals surface area contributed by atoms with Crippen molar-refractivity contribution in [2.45, 2.75) is 13.3 Å². The van der Waals surface area contributed by atoms with E-state index in [4.69, 9.17) is 16.1 Å². The SMILES string of the molecule is CC(CNC(=S)NN)(CC(=O)O)C(=O)O. The third-order valence-corrected chi connectivity index (χ3v) is 2.09. The van der Waals surface area contributed by atoms with Gasteiger partial charge in [-0.1, -0.05) is 0 Å². The normalized spacial score (nSPS) is 13.7. The summed E-state index contributed by atoms with van der Waals surface area (Å²) in [5.74, 6) is 2.56. The number of hydrogen-bond donors (Lipinski definition) is 5. The second kappa shape index (κ2) is 5.47. The first kappa shape index (κ1) is 13.6. The number of thiocarbonyl (C=S) groups is 1. The largest absolute Gasteiger partial charge is 0.481 e. The van der Waals surface area contributed by atoms with Crippen molar-refractivity contribution >= 4 is 29.3 Å². The molecule has 0 aromatic rings. The molecule has 0 aliphatic carbocycles. The number of carbonyl (C=O) groups is 2. The molecule has 0 aliphatic heterocycles. The fourth-order valence-corrected chi connectivity index (χ4v) is 0.946. The van der Waals surface area contributed by atoms with E-state index in [2.05, 4.69) is 23.0 Å². The van der Waals surface area contributed by atoms with Crippen LogP contribution in [0.2, 0.25) is 0 Å². The molecule has 1 unspecified atom stereocenters. The number of carboxylic acid groups (broad SMARTS) is 2.